The van der Waals surface area contributed by atoms with Crippen LogP contribution < -0.4 is 4.90 Å². The Hall–Kier alpha value is -1.85. The summed E-state index contributed by atoms with van der Waals surface area (Å²) in [5.41, 5.74) is 2.36. The van der Waals surface area contributed by atoms with E-state index in [1.807, 2.05) is 24.4 Å². The van der Waals surface area contributed by atoms with Crippen molar-refractivity contribution in [3.8, 4) is 0 Å². The van der Waals surface area contributed by atoms with Crippen LogP contribution in [0, 0.1) is 11.8 Å². The Morgan fingerprint density at radius 1 is 1.03 bits per heavy atom. The molecule has 1 aromatic heterocycles. The largest absolute Gasteiger partial charge is 0.439 e. The van der Waals surface area contributed by atoms with E-state index in [1.54, 1.807) is 0 Å². The Kier molecular flexibility index (Phi) is 11.1. The average Bonchev–Trinajstić information content (AvgIpc) is 3.38. The number of hydrogen-bond donors (Lipinski definition) is 1. The number of nitrogens with zero attached hydrogens (tertiary/aromatic N) is 1. The molecule has 2 aromatic carbocycles. The van der Waals surface area contributed by atoms with Gasteiger partial charge in [-0.25, -0.2) is 4.98 Å². The normalized spacial score (nSPS) is 20.6. The molecule has 1 aliphatic rings. The number of quaternary nitrogens is 1. The molecule has 0 aliphatic carbocycles. The lowest BCUT2D eigenvalue weighted by Crippen LogP contribution is -3.13. The third kappa shape index (κ3) is 7.63. The van der Waals surface area contributed by atoms with E-state index < -0.39 is 0 Å². The molecule has 0 radical (unpaired) electrons. The highest BCUT2D eigenvalue weighted by Gasteiger charge is 2.33. The van der Waals surface area contributed by atoms with Gasteiger partial charge in [-0.05, 0) is 47.9 Å². The topological polar surface area (TPSA) is 39.7 Å². The molecule has 4 nitrogen and oxygen atoms in total. The highest BCUT2D eigenvalue weighted by atomic mass is 35.5. The van der Waals surface area contributed by atoms with Crippen molar-refractivity contribution in [3.63, 3.8) is 0 Å². The predicted octanol–water partition coefficient (Wildman–Crippen LogP) is 7.73. The molecule has 4 rings (SSSR count). The number of oxazole rings is 1. The zero-order valence-electron chi connectivity index (χ0n) is 23.1. The Morgan fingerprint density at radius 3 is 2.47 bits per heavy atom. The Bertz CT molecular complexity index is 1110. The summed E-state index contributed by atoms with van der Waals surface area (Å²) < 4.78 is 13.0. The van der Waals surface area contributed by atoms with Crippen LogP contribution in [-0.4, -0.2) is 24.2 Å². The number of aromatic nitrogens is 1. The maximum absolute atomic E-state index is 6.52. The first-order chi connectivity index (χ1) is 18.5. The minimum absolute atomic E-state index is 0.202. The molecule has 1 aliphatic heterocycles. The maximum Gasteiger partial charge on any atom is 0.202 e. The molecule has 0 amide bonds. The van der Waals surface area contributed by atoms with Crippen molar-refractivity contribution in [3.05, 3.63) is 87.6 Å². The zero-order valence-corrected chi connectivity index (χ0v) is 24.6. The Morgan fingerprint density at radius 2 is 1.79 bits per heavy atom. The first-order valence-electron chi connectivity index (χ1n) is 14.4. The van der Waals surface area contributed by atoms with E-state index in [4.69, 9.17) is 37.3 Å². The van der Waals surface area contributed by atoms with Crippen molar-refractivity contribution in [1.82, 2.24) is 4.98 Å². The molecule has 0 spiro atoms. The molecular weight excluding hydrogens is 515 g/mol. The molecule has 38 heavy (non-hydrogen) atoms. The van der Waals surface area contributed by atoms with Gasteiger partial charge in [0, 0.05) is 6.42 Å². The SMILES string of the molecule is CCCC(CCC)C(c1ccccc1)c1ncc(C[NH+]2CCC(CC)C(OCc3ccc(Cl)c(Cl)c3)C2)o1. The van der Waals surface area contributed by atoms with Crippen LogP contribution in [0.3, 0.4) is 0 Å². The lowest BCUT2D eigenvalue weighted by Gasteiger charge is -2.35. The minimum atomic E-state index is 0.202. The van der Waals surface area contributed by atoms with Gasteiger partial charge in [0.2, 0.25) is 5.89 Å². The molecule has 4 unspecified atom stereocenters. The minimum Gasteiger partial charge on any atom is -0.439 e. The van der Waals surface area contributed by atoms with Crippen molar-refractivity contribution < 1.29 is 14.1 Å². The number of benzene rings is 2. The first kappa shape index (κ1) is 29.1. The van der Waals surface area contributed by atoms with Gasteiger partial charge in [-0.15, -0.1) is 0 Å². The van der Waals surface area contributed by atoms with Gasteiger partial charge in [0.05, 0.1) is 35.3 Å². The molecule has 1 N–H and O–H groups in total. The molecule has 0 saturated carbocycles. The Labute approximate surface area is 238 Å². The number of ether oxygens (including phenoxy) is 1. The van der Waals surface area contributed by atoms with Gasteiger partial charge in [0.25, 0.3) is 0 Å². The summed E-state index contributed by atoms with van der Waals surface area (Å²) in [6.07, 6.45) is 9.14. The van der Waals surface area contributed by atoms with Crippen LogP contribution in [0.15, 0.2) is 59.1 Å². The summed E-state index contributed by atoms with van der Waals surface area (Å²) in [5, 5.41) is 1.15. The predicted molar refractivity (Wildman–Crippen MR) is 156 cm³/mol. The number of likely N-dealkylation sites (tertiary alicyclic amines) is 1. The molecular formula is C32H43Cl2N2O2+. The van der Waals surface area contributed by atoms with Gasteiger partial charge in [-0.3, -0.25) is 0 Å². The van der Waals surface area contributed by atoms with Crippen LogP contribution in [-0.2, 0) is 17.9 Å². The lowest BCUT2D eigenvalue weighted by atomic mass is 9.80. The molecule has 3 aromatic rings. The molecule has 1 fully saturated rings. The fourth-order valence-electron chi connectivity index (χ4n) is 6.07. The van der Waals surface area contributed by atoms with Crippen LogP contribution in [0.2, 0.25) is 10.0 Å². The first-order valence-corrected chi connectivity index (χ1v) is 15.2. The summed E-state index contributed by atoms with van der Waals surface area (Å²) in [6.45, 7) is 10.3. The fourth-order valence-corrected chi connectivity index (χ4v) is 6.40. The summed E-state index contributed by atoms with van der Waals surface area (Å²) in [5.74, 6) is 3.14. The zero-order chi connectivity index (χ0) is 26.9. The average molecular weight is 559 g/mol. The monoisotopic (exact) mass is 557 g/mol. The van der Waals surface area contributed by atoms with E-state index in [-0.39, 0.29) is 12.0 Å². The number of nitrogens with one attached hydrogen (secondary N) is 1. The van der Waals surface area contributed by atoms with Gasteiger partial charge >= 0.3 is 0 Å². The van der Waals surface area contributed by atoms with Gasteiger partial charge in [0.15, 0.2) is 5.76 Å². The molecule has 6 heteroatoms. The van der Waals surface area contributed by atoms with E-state index in [9.17, 15) is 0 Å². The van der Waals surface area contributed by atoms with Crippen LogP contribution in [0.1, 0.15) is 88.0 Å². The van der Waals surface area contributed by atoms with Crippen molar-refractivity contribution in [2.45, 2.75) is 84.5 Å². The van der Waals surface area contributed by atoms with Gasteiger partial charge in [-0.2, -0.15) is 0 Å². The Balaban J connectivity index is 1.44. The highest BCUT2D eigenvalue weighted by molar-refractivity contribution is 6.42. The second-order valence-electron chi connectivity index (χ2n) is 10.8. The van der Waals surface area contributed by atoms with E-state index in [2.05, 4.69) is 51.1 Å². The number of rotatable bonds is 13. The van der Waals surface area contributed by atoms with Gasteiger partial charge in [-0.1, -0.05) is 99.6 Å². The number of halogens is 2. The third-order valence-electron chi connectivity index (χ3n) is 8.07. The number of piperidine rings is 1. The summed E-state index contributed by atoms with van der Waals surface area (Å²) in [6, 6.07) is 16.5. The van der Waals surface area contributed by atoms with E-state index in [1.165, 1.54) is 36.1 Å². The van der Waals surface area contributed by atoms with Crippen LogP contribution in [0.25, 0.3) is 0 Å². The lowest BCUT2D eigenvalue weighted by molar-refractivity contribution is -0.924. The maximum atomic E-state index is 6.52. The molecule has 2 heterocycles. The molecule has 1 saturated heterocycles. The standard InChI is InChI=1S/C32H42Cl2N2O2/c1-4-10-25(11-5-2)31(26-12-8-7-9-13-26)32-35-19-27(38-32)20-36-17-16-24(6-3)30(21-36)37-22-23-14-15-28(33)29(34)18-23/h7-9,12-15,18-19,24-25,30-31H,4-6,10-11,16-17,20-22H2,1-3H3/p+1. The highest BCUT2D eigenvalue weighted by Crippen LogP contribution is 2.37. The number of hydrogen-bond acceptors (Lipinski definition) is 3. The molecule has 206 valence electrons. The van der Waals surface area contributed by atoms with Gasteiger partial charge < -0.3 is 14.1 Å². The van der Waals surface area contributed by atoms with Crippen molar-refractivity contribution in [1.29, 1.82) is 0 Å². The fraction of sp³-hybridized carbons (Fsp3) is 0.531. The quantitative estimate of drug-likeness (QED) is 0.233. The van der Waals surface area contributed by atoms with Gasteiger partial charge in [0.1, 0.15) is 19.2 Å². The van der Waals surface area contributed by atoms with Crippen molar-refractivity contribution >= 4 is 23.2 Å². The van der Waals surface area contributed by atoms with Crippen LogP contribution in [0.4, 0.5) is 0 Å². The van der Waals surface area contributed by atoms with E-state index >= 15 is 0 Å². The van der Waals surface area contributed by atoms with Crippen molar-refractivity contribution in [2.24, 2.45) is 11.8 Å². The molecule has 4 atom stereocenters. The third-order valence-corrected chi connectivity index (χ3v) is 8.81. The van der Waals surface area contributed by atoms with E-state index in [0.717, 1.165) is 49.7 Å². The summed E-state index contributed by atoms with van der Waals surface area (Å²) in [7, 11) is 0. The van der Waals surface area contributed by atoms with Crippen LogP contribution in [0.5, 0.6) is 0 Å². The van der Waals surface area contributed by atoms with Crippen molar-refractivity contribution in [2.75, 3.05) is 13.1 Å². The summed E-state index contributed by atoms with van der Waals surface area (Å²) in [4.78, 5) is 6.34. The second-order valence-corrected chi connectivity index (χ2v) is 11.6. The van der Waals surface area contributed by atoms with E-state index in [0.29, 0.717) is 28.5 Å². The molecule has 0 bridgehead atoms. The van der Waals surface area contributed by atoms with Crippen LogP contribution >= 0.6 is 23.2 Å². The second kappa shape index (κ2) is 14.5. The smallest absolute Gasteiger partial charge is 0.202 e. The summed E-state index contributed by atoms with van der Waals surface area (Å²) >= 11 is 12.3.